The van der Waals surface area contributed by atoms with Crippen LogP contribution in [0.25, 0.3) is 0 Å². The van der Waals surface area contributed by atoms with Crippen LogP contribution in [0.2, 0.25) is 0 Å². The molecule has 0 unspecified atom stereocenters. The first kappa shape index (κ1) is 15.5. The number of aryl methyl sites for hydroxylation is 1. The van der Waals surface area contributed by atoms with E-state index >= 15 is 0 Å². The summed E-state index contributed by atoms with van der Waals surface area (Å²) < 4.78 is 0. The smallest absolute Gasteiger partial charge is 0.230 e. The largest absolute Gasteiger partial charge is 0.312 e. The van der Waals surface area contributed by atoms with E-state index in [9.17, 15) is 9.59 Å². The van der Waals surface area contributed by atoms with Gasteiger partial charge in [-0.3, -0.25) is 9.59 Å². The molecule has 0 bridgehead atoms. The van der Waals surface area contributed by atoms with Gasteiger partial charge in [-0.15, -0.1) is 11.6 Å². The first-order valence-electron chi connectivity index (χ1n) is 8.24. The molecule has 1 aromatic carbocycles. The van der Waals surface area contributed by atoms with Crippen LogP contribution in [0.5, 0.6) is 0 Å². The number of amides is 1. The second-order valence-electron chi connectivity index (χ2n) is 6.33. The standard InChI is InChI=1S/C18H22ClNO2/c19-12-17(21)15-8-9-16-14(11-15)7-4-10-20(16)18(22)13-5-2-1-3-6-13/h8-9,11,13H,1-7,10,12H2. The fourth-order valence-electron chi connectivity index (χ4n) is 3.65. The van der Waals surface area contributed by atoms with E-state index in [0.717, 1.165) is 43.5 Å². The minimum atomic E-state index is -0.0554. The van der Waals surface area contributed by atoms with Crippen LogP contribution in [0.1, 0.15) is 54.4 Å². The fraction of sp³-hybridized carbons (Fsp3) is 0.556. The lowest BCUT2D eigenvalue weighted by molar-refractivity contribution is -0.123. The highest BCUT2D eigenvalue weighted by molar-refractivity contribution is 6.30. The van der Waals surface area contributed by atoms with E-state index in [1.54, 1.807) is 6.07 Å². The van der Waals surface area contributed by atoms with Crippen LogP contribution in [0.3, 0.4) is 0 Å². The van der Waals surface area contributed by atoms with Crippen LogP contribution >= 0.6 is 11.6 Å². The number of carbonyl (C=O) groups is 2. The van der Waals surface area contributed by atoms with Crippen LogP contribution in [0.4, 0.5) is 5.69 Å². The van der Waals surface area contributed by atoms with E-state index in [0.29, 0.717) is 5.56 Å². The van der Waals surface area contributed by atoms with Gasteiger partial charge in [-0.25, -0.2) is 0 Å². The zero-order chi connectivity index (χ0) is 15.5. The highest BCUT2D eigenvalue weighted by Gasteiger charge is 2.29. The molecule has 1 aliphatic heterocycles. The summed E-state index contributed by atoms with van der Waals surface area (Å²) in [5.41, 5.74) is 2.75. The number of anilines is 1. The van der Waals surface area contributed by atoms with Crippen molar-refractivity contribution in [2.24, 2.45) is 5.92 Å². The first-order chi connectivity index (χ1) is 10.7. The van der Waals surface area contributed by atoms with Crippen molar-refractivity contribution in [3.63, 3.8) is 0 Å². The first-order valence-corrected chi connectivity index (χ1v) is 8.77. The average Bonchev–Trinajstić information content (AvgIpc) is 2.60. The van der Waals surface area contributed by atoms with Gasteiger partial charge < -0.3 is 4.90 Å². The van der Waals surface area contributed by atoms with Crippen molar-refractivity contribution in [3.05, 3.63) is 29.3 Å². The number of nitrogens with zero attached hydrogens (tertiary/aromatic N) is 1. The number of benzene rings is 1. The van der Waals surface area contributed by atoms with Gasteiger partial charge >= 0.3 is 0 Å². The molecule has 1 heterocycles. The van der Waals surface area contributed by atoms with Crippen LogP contribution in [0, 0.1) is 5.92 Å². The fourth-order valence-corrected chi connectivity index (χ4v) is 3.80. The van der Waals surface area contributed by atoms with E-state index in [2.05, 4.69) is 0 Å². The molecule has 1 saturated carbocycles. The molecule has 0 N–H and O–H groups in total. The highest BCUT2D eigenvalue weighted by atomic mass is 35.5. The maximum Gasteiger partial charge on any atom is 0.230 e. The third kappa shape index (κ3) is 3.05. The lowest BCUT2D eigenvalue weighted by Crippen LogP contribution is -2.40. The maximum atomic E-state index is 12.8. The van der Waals surface area contributed by atoms with Crippen molar-refractivity contribution in [2.45, 2.75) is 44.9 Å². The second-order valence-corrected chi connectivity index (χ2v) is 6.60. The minimum Gasteiger partial charge on any atom is -0.312 e. The number of hydrogen-bond donors (Lipinski definition) is 0. The summed E-state index contributed by atoms with van der Waals surface area (Å²) in [7, 11) is 0. The predicted octanol–water partition coefficient (Wildman–Crippen LogP) is 3.97. The second kappa shape index (κ2) is 6.82. The summed E-state index contributed by atoms with van der Waals surface area (Å²) in [6, 6.07) is 5.64. The Balaban J connectivity index is 1.84. The van der Waals surface area contributed by atoms with Crippen LogP contribution in [0.15, 0.2) is 18.2 Å². The Morgan fingerprint density at radius 1 is 1.14 bits per heavy atom. The van der Waals surface area contributed by atoms with Gasteiger partial charge in [0.05, 0.1) is 5.88 Å². The summed E-state index contributed by atoms with van der Waals surface area (Å²) in [5, 5.41) is 0. The number of carbonyl (C=O) groups excluding carboxylic acids is 2. The van der Waals surface area contributed by atoms with Gasteiger partial charge in [0.25, 0.3) is 0 Å². The number of fused-ring (bicyclic) bond motifs is 1. The third-order valence-electron chi connectivity index (χ3n) is 4.86. The Morgan fingerprint density at radius 3 is 2.64 bits per heavy atom. The lowest BCUT2D eigenvalue weighted by Gasteiger charge is -2.33. The number of hydrogen-bond acceptors (Lipinski definition) is 2. The predicted molar refractivity (Wildman–Crippen MR) is 88.7 cm³/mol. The number of rotatable bonds is 3. The number of alkyl halides is 1. The maximum absolute atomic E-state index is 12.8. The van der Waals surface area contributed by atoms with Gasteiger partial charge in [0.2, 0.25) is 5.91 Å². The monoisotopic (exact) mass is 319 g/mol. The SMILES string of the molecule is O=C(CCl)c1ccc2c(c1)CCCN2C(=O)C1CCCCC1. The third-order valence-corrected chi connectivity index (χ3v) is 5.10. The number of Topliss-reactive ketones (excluding diaryl/α,β-unsaturated/α-hetero) is 1. The molecule has 1 fully saturated rings. The van der Waals surface area contributed by atoms with Crippen molar-refractivity contribution < 1.29 is 9.59 Å². The van der Waals surface area contributed by atoms with Crippen LogP contribution in [-0.2, 0) is 11.2 Å². The summed E-state index contributed by atoms with van der Waals surface area (Å²) in [6.07, 6.45) is 7.52. The molecule has 0 radical (unpaired) electrons. The molecule has 2 aliphatic rings. The molecule has 0 spiro atoms. The van der Waals surface area contributed by atoms with Crippen molar-refractivity contribution in [3.8, 4) is 0 Å². The summed E-state index contributed by atoms with van der Waals surface area (Å²) >= 11 is 5.64. The molecule has 1 aromatic rings. The van der Waals surface area contributed by atoms with Crippen LogP contribution < -0.4 is 4.90 Å². The summed E-state index contributed by atoms with van der Waals surface area (Å²) in [4.78, 5) is 26.5. The lowest BCUT2D eigenvalue weighted by atomic mass is 9.87. The molecule has 118 valence electrons. The van der Waals surface area contributed by atoms with Gasteiger partial charge in [0, 0.05) is 23.7 Å². The van der Waals surface area contributed by atoms with Crippen molar-refractivity contribution in [1.82, 2.24) is 0 Å². The Bertz CT molecular complexity index is 578. The quantitative estimate of drug-likeness (QED) is 0.624. The van der Waals surface area contributed by atoms with E-state index < -0.39 is 0 Å². The number of ketones is 1. The van der Waals surface area contributed by atoms with E-state index in [-0.39, 0.29) is 23.5 Å². The zero-order valence-corrected chi connectivity index (χ0v) is 13.6. The Morgan fingerprint density at radius 2 is 1.91 bits per heavy atom. The molecule has 4 heteroatoms. The van der Waals surface area contributed by atoms with Gasteiger partial charge in [-0.2, -0.15) is 0 Å². The van der Waals surface area contributed by atoms with E-state index in [4.69, 9.17) is 11.6 Å². The highest BCUT2D eigenvalue weighted by Crippen LogP contribution is 2.32. The van der Waals surface area contributed by atoms with Crippen LogP contribution in [-0.4, -0.2) is 24.1 Å². The summed E-state index contributed by atoms with van der Waals surface area (Å²) in [6.45, 7) is 0.797. The van der Waals surface area contributed by atoms with Crippen molar-refractivity contribution in [1.29, 1.82) is 0 Å². The molecular weight excluding hydrogens is 298 g/mol. The van der Waals surface area contributed by atoms with Crippen molar-refractivity contribution >= 4 is 29.0 Å². The van der Waals surface area contributed by atoms with Crippen molar-refractivity contribution in [2.75, 3.05) is 17.3 Å². The topological polar surface area (TPSA) is 37.4 Å². The molecular formula is C18H22ClNO2. The zero-order valence-electron chi connectivity index (χ0n) is 12.8. The molecule has 3 rings (SSSR count). The molecule has 0 aromatic heterocycles. The molecule has 1 amide bonds. The molecule has 3 nitrogen and oxygen atoms in total. The number of halogens is 1. The Labute approximate surface area is 136 Å². The Hall–Kier alpha value is -1.35. The molecule has 0 atom stereocenters. The van der Waals surface area contributed by atoms with Gasteiger partial charge in [0.1, 0.15) is 0 Å². The average molecular weight is 320 g/mol. The van der Waals surface area contributed by atoms with Gasteiger partial charge in [-0.05, 0) is 49.4 Å². The molecule has 1 aliphatic carbocycles. The summed E-state index contributed by atoms with van der Waals surface area (Å²) in [5.74, 6) is 0.407. The van der Waals surface area contributed by atoms with Gasteiger partial charge in [0.15, 0.2) is 5.78 Å². The normalized spacial score (nSPS) is 18.9. The minimum absolute atomic E-state index is 0.00348. The molecule has 22 heavy (non-hydrogen) atoms. The van der Waals surface area contributed by atoms with Gasteiger partial charge in [-0.1, -0.05) is 19.3 Å². The van der Waals surface area contributed by atoms with E-state index in [1.807, 2.05) is 17.0 Å². The molecule has 0 saturated heterocycles. The Kier molecular flexibility index (Phi) is 4.82. The van der Waals surface area contributed by atoms with E-state index in [1.165, 1.54) is 19.3 Å².